The number of nitrogens with zero attached hydrogens (tertiary/aromatic N) is 2. The zero-order chi connectivity index (χ0) is 20.9. The van der Waals surface area contributed by atoms with Crippen LogP contribution in [0.25, 0.3) is 0 Å². The van der Waals surface area contributed by atoms with E-state index in [1.54, 1.807) is 26.6 Å². The van der Waals surface area contributed by atoms with Crippen molar-refractivity contribution in [3.63, 3.8) is 0 Å². The van der Waals surface area contributed by atoms with Crippen LogP contribution in [0.1, 0.15) is 38.7 Å². The van der Waals surface area contributed by atoms with E-state index in [1.807, 2.05) is 35.2 Å². The molecule has 1 aromatic heterocycles. The quantitative estimate of drug-likeness (QED) is 0.676. The van der Waals surface area contributed by atoms with Gasteiger partial charge in [-0.25, -0.2) is 0 Å². The summed E-state index contributed by atoms with van der Waals surface area (Å²) in [5.41, 5.74) is 0.365. The molecule has 0 radical (unpaired) electrons. The topological polar surface area (TPSA) is 60.9 Å². The van der Waals surface area contributed by atoms with E-state index in [0.717, 1.165) is 17.7 Å². The molecule has 1 unspecified atom stereocenters. The Balaban J connectivity index is 1.81. The molecule has 1 saturated heterocycles. The maximum atomic E-state index is 13.7. The number of hydrogen-bond donors (Lipinski definition) is 0. The van der Waals surface area contributed by atoms with E-state index < -0.39 is 5.41 Å². The third-order valence-electron chi connectivity index (χ3n) is 5.92. The van der Waals surface area contributed by atoms with Crippen molar-refractivity contribution in [3.05, 3.63) is 48.3 Å². The first-order chi connectivity index (χ1) is 14.1. The molecule has 1 aromatic carbocycles. The molecule has 29 heavy (non-hydrogen) atoms. The molecule has 6 heteroatoms. The lowest BCUT2D eigenvalue weighted by molar-refractivity contribution is -0.137. The zero-order valence-corrected chi connectivity index (χ0v) is 17.7. The van der Waals surface area contributed by atoms with Gasteiger partial charge in [0.2, 0.25) is 5.91 Å². The highest BCUT2D eigenvalue weighted by molar-refractivity contribution is 5.88. The molecule has 0 aliphatic carbocycles. The Kier molecular flexibility index (Phi) is 6.62. The van der Waals surface area contributed by atoms with Gasteiger partial charge in [-0.1, -0.05) is 19.9 Å². The molecule has 2 aromatic rings. The van der Waals surface area contributed by atoms with Crippen molar-refractivity contribution < 1.29 is 19.0 Å². The van der Waals surface area contributed by atoms with Crippen molar-refractivity contribution in [2.24, 2.45) is 0 Å². The molecule has 0 N–H and O–H groups in total. The number of likely N-dealkylation sites (tertiary alicyclic amines) is 1. The lowest BCUT2D eigenvalue weighted by Crippen LogP contribution is -2.46. The van der Waals surface area contributed by atoms with Gasteiger partial charge in [0.25, 0.3) is 0 Å². The third kappa shape index (κ3) is 4.16. The fourth-order valence-corrected chi connectivity index (χ4v) is 4.14. The number of hydrogen-bond acceptors (Lipinski definition) is 5. The van der Waals surface area contributed by atoms with Gasteiger partial charge < -0.3 is 19.1 Å². The Morgan fingerprint density at radius 1 is 1.17 bits per heavy atom. The fraction of sp³-hybridized carbons (Fsp3) is 0.478. The molecule has 2 heterocycles. The van der Waals surface area contributed by atoms with Gasteiger partial charge in [0.05, 0.1) is 32.4 Å². The molecule has 1 aliphatic heterocycles. The van der Waals surface area contributed by atoms with Gasteiger partial charge in [0.15, 0.2) is 11.5 Å². The van der Waals surface area contributed by atoms with E-state index in [0.29, 0.717) is 37.4 Å². The Morgan fingerprint density at radius 3 is 2.55 bits per heavy atom. The number of aromatic nitrogens is 1. The summed E-state index contributed by atoms with van der Waals surface area (Å²) in [5.74, 6) is 2.19. The standard InChI is InChI=1S/C23H30N2O4/c1-5-23(6-2,17-9-10-20(27-3)21(14-17)28-4)22(26)25-13-11-19(16-25)29-18-8-7-12-24-15-18/h7-10,12,14-15,19H,5-6,11,13,16H2,1-4H3. The Morgan fingerprint density at radius 2 is 1.93 bits per heavy atom. The second-order valence-electron chi connectivity index (χ2n) is 7.33. The lowest BCUT2D eigenvalue weighted by Gasteiger charge is -2.35. The SMILES string of the molecule is CCC(CC)(C(=O)N1CCC(Oc2cccnc2)C1)c1ccc(OC)c(OC)c1. The molecule has 0 bridgehead atoms. The smallest absolute Gasteiger partial charge is 0.233 e. The molecule has 6 nitrogen and oxygen atoms in total. The first-order valence-corrected chi connectivity index (χ1v) is 10.2. The van der Waals surface area contributed by atoms with Crippen LogP contribution in [0.5, 0.6) is 17.2 Å². The maximum Gasteiger partial charge on any atom is 0.233 e. The van der Waals surface area contributed by atoms with Gasteiger partial charge >= 0.3 is 0 Å². The predicted molar refractivity (Wildman–Crippen MR) is 112 cm³/mol. The average Bonchev–Trinajstić information content (AvgIpc) is 3.23. The molecule has 1 amide bonds. The Hall–Kier alpha value is -2.76. The molecule has 0 spiro atoms. The monoisotopic (exact) mass is 398 g/mol. The Labute approximate surface area is 172 Å². The molecule has 1 aliphatic rings. The number of ether oxygens (including phenoxy) is 3. The predicted octanol–water partition coefficient (Wildman–Crippen LogP) is 3.84. The van der Waals surface area contributed by atoms with Gasteiger partial charge in [-0.05, 0) is 42.7 Å². The normalized spacial score (nSPS) is 16.6. The highest BCUT2D eigenvalue weighted by Gasteiger charge is 2.42. The van der Waals surface area contributed by atoms with Crippen LogP contribution in [-0.2, 0) is 10.2 Å². The number of rotatable bonds is 8. The van der Waals surface area contributed by atoms with Crippen LogP contribution >= 0.6 is 0 Å². The van der Waals surface area contributed by atoms with Crippen LogP contribution < -0.4 is 14.2 Å². The van der Waals surface area contributed by atoms with Crippen LogP contribution in [0.15, 0.2) is 42.7 Å². The molecule has 0 saturated carbocycles. The number of carbonyl (C=O) groups is 1. The summed E-state index contributed by atoms with van der Waals surface area (Å²) < 4.78 is 16.8. The van der Waals surface area contributed by atoms with Crippen molar-refractivity contribution in [3.8, 4) is 17.2 Å². The van der Waals surface area contributed by atoms with E-state index in [4.69, 9.17) is 14.2 Å². The van der Waals surface area contributed by atoms with E-state index >= 15 is 0 Å². The summed E-state index contributed by atoms with van der Waals surface area (Å²) in [6.45, 7) is 5.41. The number of pyridine rings is 1. The minimum Gasteiger partial charge on any atom is -0.493 e. The van der Waals surface area contributed by atoms with Gasteiger partial charge in [-0.2, -0.15) is 0 Å². The highest BCUT2D eigenvalue weighted by atomic mass is 16.5. The summed E-state index contributed by atoms with van der Waals surface area (Å²) in [6.07, 6.45) is 5.65. The Bertz CT molecular complexity index is 821. The van der Waals surface area contributed by atoms with E-state index in [9.17, 15) is 4.79 Å². The number of carbonyl (C=O) groups excluding carboxylic acids is 1. The van der Waals surface area contributed by atoms with Gasteiger partial charge in [0.1, 0.15) is 11.9 Å². The minimum atomic E-state index is -0.595. The van der Waals surface area contributed by atoms with Gasteiger partial charge in [-0.3, -0.25) is 9.78 Å². The van der Waals surface area contributed by atoms with Crippen LogP contribution in [-0.4, -0.2) is 49.2 Å². The van der Waals surface area contributed by atoms with Gasteiger partial charge in [-0.15, -0.1) is 0 Å². The van der Waals surface area contributed by atoms with E-state index in [1.165, 1.54) is 0 Å². The van der Waals surface area contributed by atoms with E-state index in [-0.39, 0.29) is 12.0 Å². The zero-order valence-electron chi connectivity index (χ0n) is 17.7. The van der Waals surface area contributed by atoms with Crippen molar-refractivity contribution in [2.75, 3.05) is 27.3 Å². The summed E-state index contributed by atoms with van der Waals surface area (Å²) in [4.78, 5) is 19.7. The number of benzene rings is 1. The number of amides is 1. The fourth-order valence-electron chi connectivity index (χ4n) is 4.14. The maximum absolute atomic E-state index is 13.7. The largest absolute Gasteiger partial charge is 0.493 e. The lowest BCUT2D eigenvalue weighted by atomic mass is 9.74. The minimum absolute atomic E-state index is 0.0139. The van der Waals surface area contributed by atoms with Crippen LogP contribution in [0, 0.1) is 0 Å². The molecule has 3 rings (SSSR count). The molecular formula is C23H30N2O4. The average molecular weight is 399 g/mol. The first kappa shape index (κ1) is 21.0. The summed E-state index contributed by atoms with van der Waals surface area (Å²) in [6, 6.07) is 9.53. The molecular weight excluding hydrogens is 368 g/mol. The van der Waals surface area contributed by atoms with Crippen LogP contribution in [0.4, 0.5) is 0 Å². The number of methoxy groups -OCH3 is 2. The van der Waals surface area contributed by atoms with Gasteiger partial charge in [0, 0.05) is 19.2 Å². The van der Waals surface area contributed by atoms with Crippen molar-refractivity contribution in [2.45, 2.75) is 44.6 Å². The van der Waals surface area contributed by atoms with Crippen molar-refractivity contribution >= 4 is 5.91 Å². The second kappa shape index (κ2) is 9.16. The first-order valence-electron chi connectivity index (χ1n) is 10.2. The highest BCUT2D eigenvalue weighted by Crippen LogP contribution is 2.39. The molecule has 1 fully saturated rings. The second-order valence-corrected chi connectivity index (χ2v) is 7.33. The summed E-state index contributed by atoms with van der Waals surface area (Å²) in [5, 5.41) is 0. The molecule has 1 atom stereocenters. The third-order valence-corrected chi connectivity index (χ3v) is 5.92. The van der Waals surface area contributed by atoms with Crippen LogP contribution in [0.2, 0.25) is 0 Å². The summed E-state index contributed by atoms with van der Waals surface area (Å²) >= 11 is 0. The molecule has 156 valence electrons. The van der Waals surface area contributed by atoms with Crippen LogP contribution in [0.3, 0.4) is 0 Å². The van der Waals surface area contributed by atoms with E-state index in [2.05, 4.69) is 18.8 Å². The van der Waals surface area contributed by atoms with Crippen molar-refractivity contribution in [1.29, 1.82) is 0 Å². The van der Waals surface area contributed by atoms with Crippen molar-refractivity contribution in [1.82, 2.24) is 9.88 Å². The summed E-state index contributed by atoms with van der Waals surface area (Å²) in [7, 11) is 3.23.